The lowest BCUT2D eigenvalue weighted by molar-refractivity contribution is 0.236. The molecule has 2 atom stereocenters. The lowest BCUT2D eigenvalue weighted by atomic mass is 10.2. The van der Waals surface area contributed by atoms with Crippen molar-refractivity contribution in [3.05, 3.63) is 60.7 Å². The standard InChI is InChI=1S/C21H28O2Si/c1-21(2,3)24(19-10-6-4-7-11-19,20-12-8-5-9-13-20)23-16-18-14-17(18)15-22/h4-13,17-18,22H,14-16H2,1-3H3/t17-,18+/m1/s1. The van der Waals surface area contributed by atoms with Crippen molar-refractivity contribution in [2.24, 2.45) is 11.8 Å². The highest BCUT2D eigenvalue weighted by Gasteiger charge is 2.51. The molecule has 0 bridgehead atoms. The molecule has 1 N–H and O–H groups in total. The van der Waals surface area contributed by atoms with E-state index in [-0.39, 0.29) is 11.6 Å². The van der Waals surface area contributed by atoms with E-state index >= 15 is 0 Å². The minimum absolute atomic E-state index is 0.0271. The first-order valence-corrected chi connectivity index (χ1v) is 10.8. The van der Waals surface area contributed by atoms with E-state index in [9.17, 15) is 5.11 Å². The summed E-state index contributed by atoms with van der Waals surface area (Å²) in [6.45, 7) is 7.94. The topological polar surface area (TPSA) is 29.5 Å². The van der Waals surface area contributed by atoms with Crippen molar-refractivity contribution in [3.8, 4) is 0 Å². The summed E-state index contributed by atoms with van der Waals surface area (Å²) >= 11 is 0. The quantitative estimate of drug-likeness (QED) is 0.819. The minimum Gasteiger partial charge on any atom is -0.407 e. The lowest BCUT2D eigenvalue weighted by Gasteiger charge is -2.43. The van der Waals surface area contributed by atoms with Gasteiger partial charge in [0.2, 0.25) is 0 Å². The summed E-state index contributed by atoms with van der Waals surface area (Å²) in [7, 11) is -2.40. The molecule has 1 saturated carbocycles. The van der Waals surface area contributed by atoms with E-state index in [1.54, 1.807) is 0 Å². The zero-order valence-electron chi connectivity index (χ0n) is 14.9. The van der Waals surface area contributed by atoms with E-state index in [2.05, 4.69) is 81.4 Å². The van der Waals surface area contributed by atoms with Gasteiger partial charge in [0.25, 0.3) is 8.32 Å². The molecule has 2 nitrogen and oxygen atoms in total. The Balaban J connectivity index is 2.04. The van der Waals surface area contributed by atoms with Crippen molar-refractivity contribution in [1.29, 1.82) is 0 Å². The monoisotopic (exact) mass is 340 g/mol. The first-order valence-electron chi connectivity index (χ1n) is 8.85. The van der Waals surface area contributed by atoms with Crippen LogP contribution in [0.1, 0.15) is 27.2 Å². The molecular weight excluding hydrogens is 312 g/mol. The molecule has 0 radical (unpaired) electrons. The largest absolute Gasteiger partial charge is 0.407 e. The number of hydrogen-bond donors (Lipinski definition) is 1. The second kappa shape index (κ2) is 6.83. The third kappa shape index (κ3) is 3.21. The fourth-order valence-corrected chi connectivity index (χ4v) is 8.35. The van der Waals surface area contributed by atoms with Gasteiger partial charge in [-0.25, -0.2) is 0 Å². The summed E-state index contributed by atoms with van der Waals surface area (Å²) < 4.78 is 6.85. The molecule has 0 saturated heterocycles. The maximum absolute atomic E-state index is 9.36. The van der Waals surface area contributed by atoms with E-state index < -0.39 is 8.32 Å². The van der Waals surface area contributed by atoms with Crippen LogP contribution in [0.4, 0.5) is 0 Å². The number of rotatable bonds is 6. The summed E-state index contributed by atoms with van der Waals surface area (Å²) in [5.74, 6) is 0.944. The number of aliphatic hydroxyl groups excluding tert-OH is 1. The summed E-state index contributed by atoms with van der Waals surface area (Å²) in [5, 5.41) is 12.0. The minimum atomic E-state index is -2.40. The van der Waals surface area contributed by atoms with Crippen LogP contribution in [0.2, 0.25) is 5.04 Å². The Kier molecular flexibility index (Phi) is 4.95. The Morgan fingerprint density at radius 2 is 1.42 bits per heavy atom. The number of hydrogen-bond acceptors (Lipinski definition) is 2. The normalized spacial score (nSPS) is 20.8. The molecule has 0 aromatic heterocycles. The van der Waals surface area contributed by atoms with E-state index in [1.807, 2.05) is 0 Å². The van der Waals surface area contributed by atoms with Crippen molar-refractivity contribution in [2.75, 3.05) is 13.2 Å². The van der Waals surface area contributed by atoms with Crippen molar-refractivity contribution >= 4 is 18.7 Å². The molecule has 1 fully saturated rings. The molecule has 2 aromatic carbocycles. The first-order chi connectivity index (χ1) is 11.5. The summed E-state index contributed by atoms with van der Waals surface area (Å²) in [6.07, 6.45) is 1.09. The molecule has 0 amide bonds. The van der Waals surface area contributed by atoms with E-state index in [0.717, 1.165) is 13.0 Å². The van der Waals surface area contributed by atoms with Crippen LogP contribution in [0, 0.1) is 11.8 Å². The average Bonchev–Trinajstić information content (AvgIpc) is 3.35. The van der Waals surface area contributed by atoms with Gasteiger partial charge >= 0.3 is 0 Å². The van der Waals surface area contributed by atoms with Crippen LogP contribution in [-0.2, 0) is 4.43 Å². The van der Waals surface area contributed by atoms with Crippen LogP contribution in [0.5, 0.6) is 0 Å². The van der Waals surface area contributed by atoms with Crippen LogP contribution in [-0.4, -0.2) is 26.6 Å². The highest BCUT2D eigenvalue weighted by atomic mass is 28.4. The number of benzene rings is 2. The molecule has 1 aliphatic rings. The van der Waals surface area contributed by atoms with E-state index in [4.69, 9.17) is 4.43 Å². The van der Waals surface area contributed by atoms with Crippen molar-refractivity contribution in [2.45, 2.75) is 32.2 Å². The third-order valence-electron chi connectivity index (χ3n) is 5.23. The molecule has 128 valence electrons. The predicted molar refractivity (Wildman–Crippen MR) is 102 cm³/mol. The SMILES string of the molecule is CC(C)(C)[Si](OC[C@@H]1C[C@@H]1CO)(c1ccccc1)c1ccccc1. The van der Waals surface area contributed by atoms with Gasteiger partial charge in [-0.05, 0) is 33.7 Å². The van der Waals surface area contributed by atoms with Gasteiger partial charge in [0.1, 0.15) is 0 Å². The fraction of sp³-hybridized carbons (Fsp3) is 0.429. The summed E-state index contributed by atoms with van der Waals surface area (Å²) in [5.41, 5.74) is 0. The van der Waals surface area contributed by atoms with Gasteiger partial charge in [-0.15, -0.1) is 0 Å². The van der Waals surface area contributed by atoms with Crippen molar-refractivity contribution < 1.29 is 9.53 Å². The summed E-state index contributed by atoms with van der Waals surface area (Å²) in [4.78, 5) is 0. The molecule has 0 aliphatic heterocycles. The van der Waals surface area contributed by atoms with Crippen LogP contribution >= 0.6 is 0 Å². The highest BCUT2D eigenvalue weighted by molar-refractivity contribution is 6.99. The molecule has 3 rings (SSSR count). The Hall–Kier alpha value is -1.42. The second-order valence-electron chi connectivity index (χ2n) is 7.91. The van der Waals surface area contributed by atoms with E-state index in [1.165, 1.54) is 10.4 Å². The van der Waals surface area contributed by atoms with Gasteiger partial charge in [-0.2, -0.15) is 0 Å². The third-order valence-corrected chi connectivity index (χ3v) is 10.2. The van der Waals surface area contributed by atoms with Gasteiger partial charge in [0, 0.05) is 13.2 Å². The molecule has 0 unspecified atom stereocenters. The Morgan fingerprint density at radius 1 is 0.917 bits per heavy atom. The first kappa shape index (κ1) is 17.4. The van der Waals surface area contributed by atoms with Gasteiger partial charge < -0.3 is 9.53 Å². The maximum Gasteiger partial charge on any atom is 0.261 e. The van der Waals surface area contributed by atoms with Gasteiger partial charge in [0.05, 0.1) is 0 Å². The fourth-order valence-electron chi connectivity index (χ4n) is 3.73. The molecule has 1 aliphatic carbocycles. The smallest absolute Gasteiger partial charge is 0.261 e. The molecular formula is C21H28O2Si. The van der Waals surface area contributed by atoms with Gasteiger partial charge in [-0.1, -0.05) is 81.4 Å². The summed E-state index contributed by atoms with van der Waals surface area (Å²) in [6, 6.07) is 21.5. The maximum atomic E-state index is 9.36. The Labute approximate surface area is 146 Å². The molecule has 2 aromatic rings. The van der Waals surface area contributed by atoms with Crippen LogP contribution in [0.15, 0.2) is 60.7 Å². The molecule has 0 spiro atoms. The Bertz CT molecular complexity index is 609. The van der Waals surface area contributed by atoms with Gasteiger partial charge in [0.15, 0.2) is 0 Å². The van der Waals surface area contributed by atoms with Crippen molar-refractivity contribution in [1.82, 2.24) is 0 Å². The molecule has 3 heteroatoms. The van der Waals surface area contributed by atoms with Crippen LogP contribution < -0.4 is 10.4 Å². The van der Waals surface area contributed by atoms with Gasteiger partial charge in [-0.3, -0.25) is 0 Å². The van der Waals surface area contributed by atoms with Crippen molar-refractivity contribution in [3.63, 3.8) is 0 Å². The van der Waals surface area contributed by atoms with E-state index in [0.29, 0.717) is 11.8 Å². The highest BCUT2D eigenvalue weighted by Crippen LogP contribution is 2.42. The van der Waals surface area contributed by atoms with Crippen LogP contribution in [0.3, 0.4) is 0 Å². The zero-order chi connectivity index (χ0) is 17.2. The Morgan fingerprint density at radius 3 is 1.79 bits per heavy atom. The molecule has 24 heavy (non-hydrogen) atoms. The average molecular weight is 341 g/mol. The zero-order valence-corrected chi connectivity index (χ0v) is 15.9. The number of aliphatic hydroxyl groups is 1. The predicted octanol–water partition coefficient (Wildman–Crippen LogP) is 3.19. The second-order valence-corrected chi connectivity index (χ2v) is 12.2. The lowest BCUT2D eigenvalue weighted by Crippen LogP contribution is -2.66. The van der Waals surface area contributed by atoms with Crippen LogP contribution in [0.25, 0.3) is 0 Å². The molecule has 0 heterocycles.